The number of amides is 1. The number of rotatable bonds is 5. The van der Waals surface area contributed by atoms with Gasteiger partial charge in [-0.2, -0.15) is 5.10 Å². The standard InChI is InChI=1S/C18H17N5O2S/c1-2-21-18-23(22-10-12-4-3-7-20-9-12)15(11-26-18)13-5-6-16(24)14(8-13)17(19)25/h3-11,24H,2H2,1H3,(H2,19,25)/b21-18?,22-10-. The minimum Gasteiger partial charge on any atom is -0.507 e. The molecule has 0 saturated carbocycles. The van der Waals surface area contributed by atoms with Crippen molar-refractivity contribution in [1.82, 2.24) is 9.66 Å². The lowest BCUT2D eigenvalue weighted by atomic mass is 10.1. The number of nitrogens with zero attached hydrogens (tertiary/aromatic N) is 4. The van der Waals surface area contributed by atoms with Crippen LogP contribution in [-0.4, -0.2) is 33.4 Å². The molecule has 8 heteroatoms. The van der Waals surface area contributed by atoms with Crippen molar-refractivity contribution < 1.29 is 9.90 Å². The van der Waals surface area contributed by atoms with Crippen LogP contribution in [0.15, 0.2) is 58.2 Å². The molecule has 2 heterocycles. The van der Waals surface area contributed by atoms with Crippen molar-refractivity contribution in [3.63, 3.8) is 0 Å². The molecule has 7 nitrogen and oxygen atoms in total. The van der Waals surface area contributed by atoms with Crippen LogP contribution in [0.25, 0.3) is 11.3 Å². The lowest BCUT2D eigenvalue weighted by Gasteiger charge is -2.06. The zero-order valence-corrected chi connectivity index (χ0v) is 14.8. The van der Waals surface area contributed by atoms with Gasteiger partial charge < -0.3 is 10.8 Å². The summed E-state index contributed by atoms with van der Waals surface area (Å²) in [6.07, 6.45) is 5.09. The number of aromatic nitrogens is 2. The van der Waals surface area contributed by atoms with Crippen molar-refractivity contribution >= 4 is 23.5 Å². The highest BCUT2D eigenvalue weighted by Gasteiger charge is 2.13. The molecule has 132 valence electrons. The van der Waals surface area contributed by atoms with E-state index in [1.54, 1.807) is 35.4 Å². The average Bonchev–Trinajstić information content (AvgIpc) is 3.04. The summed E-state index contributed by atoms with van der Waals surface area (Å²) >= 11 is 1.44. The Labute approximate surface area is 153 Å². The number of thiazole rings is 1. The van der Waals surface area contributed by atoms with Crippen LogP contribution in [-0.2, 0) is 0 Å². The van der Waals surface area contributed by atoms with Gasteiger partial charge in [0.1, 0.15) is 5.75 Å². The smallest absolute Gasteiger partial charge is 0.252 e. The Kier molecular flexibility index (Phi) is 5.23. The Morgan fingerprint density at radius 3 is 2.96 bits per heavy atom. The van der Waals surface area contributed by atoms with Crippen LogP contribution in [0.5, 0.6) is 5.75 Å². The molecule has 1 amide bonds. The van der Waals surface area contributed by atoms with E-state index >= 15 is 0 Å². The SMILES string of the molecule is CCN=c1scc(-c2ccc(O)c(C(N)=O)c2)n1/N=C\c1cccnc1. The van der Waals surface area contributed by atoms with Crippen molar-refractivity contribution in [2.45, 2.75) is 6.92 Å². The fourth-order valence-corrected chi connectivity index (χ4v) is 3.22. The zero-order chi connectivity index (χ0) is 18.5. The van der Waals surface area contributed by atoms with Gasteiger partial charge in [-0.3, -0.25) is 14.8 Å². The van der Waals surface area contributed by atoms with Gasteiger partial charge in [0.2, 0.25) is 4.80 Å². The molecule has 0 aliphatic rings. The molecule has 0 bridgehead atoms. The summed E-state index contributed by atoms with van der Waals surface area (Å²) in [4.78, 5) is 20.7. The third kappa shape index (κ3) is 3.70. The second kappa shape index (κ2) is 7.75. The highest BCUT2D eigenvalue weighted by Crippen LogP contribution is 2.26. The topological polar surface area (TPSA) is 106 Å². The van der Waals surface area contributed by atoms with Gasteiger partial charge in [-0.05, 0) is 31.2 Å². The van der Waals surface area contributed by atoms with Gasteiger partial charge in [-0.25, -0.2) is 4.68 Å². The minimum atomic E-state index is -0.691. The molecule has 0 saturated heterocycles. The number of carbonyl (C=O) groups is 1. The summed E-state index contributed by atoms with van der Waals surface area (Å²) in [5.41, 5.74) is 7.68. The van der Waals surface area contributed by atoms with Gasteiger partial charge in [0.05, 0.1) is 17.5 Å². The fourth-order valence-electron chi connectivity index (χ4n) is 2.32. The molecule has 3 rings (SSSR count). The van der Waals surface area contributed by atoms with Crippen LogP contribution < -0.4 is 10.5 Å². The second-order valence-electron chi connectivity index (χ2n) is 5.32. The first kappa shape index (κ1) is 17.6. The number of aromatic hydroxyl groups is 1. The minimum absolute atomic E-state index is 0.0606. The molecule has 0 spiro atoms. The molecule has 0 atom stereocenters. The largest absolute Gasteiger partial charge is 0.507 e. The molecule has 2 aromatic heterocycles. The fraction of sp³-hybridized carbons (Fsp3) is 0.111. The third-order valence-electron chi connectivity index (χ3n) is 3.54. The van der Waals surface area contributed by atoms with Gasteiger partial charge in [-0.15, -0.1) is 11.3 Å². The second-order valence-corrected chi connectivity index (χ2v) is 6.15. The van der Waals surface area contributed by atoms with E-state index in [1.165, 1.54) is 17.4 Å². The molecule has 0 unspecified atom stereocenters. The first-order valence-corrected chi connectivity index (χ1v) is 8.76. The summed E-state index contributed by atoms with van der Waals surface area (Å²) in [5, 5.41) is 16.2. The number of carbonyl (C=O) groups excluding carboxylic acids is 1. The number of benzene rings is 1. The number of primary amides is 1. The monoisotopic (exact) mass is 367 g/mol. The summed E-state index contributed by atoms with van der Waals surface area (Å²) in [5.74, 6) is -0.844. The molecule has 0 aliphatic carbocycles. The Balaban J connectivity index is 2.12. The zero-order valence-electron chi connectivity index (χ0n) is 14.0. The predicted molar refractivity (Wildman–Crippen MR) is 101 cm³/mol. The van der Waals surface area contributed by atoms with E-state index in [0.29, 0.717) is 12.1 Å². The van der Waals surface area contributed by atoms with Crippen LogP contribution in [0.4, 0.5) is 0 Å². The van der Waals surface area contributed by atoms with Crippen LogP contribution in [0, 0.1) is 0 Å². The van der Waals surface area contributed by atoms with Gasteiger partial charge >= 0.3 is 0 Å². The van der Waals surface area contributed by atoms with E-state index < -0.39 is 5.91 Å². The number of hydrogen-bond acceptors (Lipinski definition) is 6. The lowest BCUT2D eigenvalue weighted by Crippen LogP contribution is -2.13. The quantitative estimate of drug-likeness (QED) is 0.675. The summed E-state index contributed by atoms with van der Waals surface area (Å²) in [6, 6.07) is 8.42. The molecule has 0 radical (unpaired) electrons. The van der Waals surface area contributed by atoms with E-state index in [9.17, 15) is 9.90 Å². The molecule has 1 aromatic carbocycles. The normalized spacial score (nSPS) is 12.0. The van der Waals surface area contributed by atoms with Gasteiger partial charge in [0, 0.05) is 35.4 Å². The average molecular weight is 367 g/mol. The van der Waals surface area contributed by atoms with Gasteiger partial charge in [0.15, 0.2) is 0 Å². The van der Waals surface area contributed by atoms with Crippen molar-refractivity contribution in [2.24, 2.45) is 15.8 Å². The number of phenols is 1. The Morgan fingerprint density at radius 2 is 2.27 bits per heavy atom. The van der Waals surface area contributed by atoms with E-state index in [1.807, 2.05) is 24.4 Å². The van der Waals surface area contributed by atoms with E-state index in [0.717, 1.165) is 16.1 Å². The highest BCUT2D eigenvalue weighted by atomic mass is 32.1. The van der Waals surface area contributed by atoms with Gasteiger partial charge in [0.25, 0.3) is 5.91 Å². The molecule has 3 aromatic rings. The van der Waals surface area contributed by atoms with Crippen LogP contribution in [0.3, 0.4) is 0 Å². The van der Waals surface area contributed by atoms with Crippen LogP contribution in [0.2, 0.25) is 0 Å². The molecule has 3 N–H and O–H groups in total. The lowest BCUT2D eigenvalue weighted by molar-refractivity contribution is 0.0998. The molecular weight excluding hydrogens is 350 g/mol. The first-order chi connectivity index (χ1) is 12.6. The third-order valence-corrected chi connectivity index (χ3v) is 4.40. The summed E-state index contributed by atoms with van der Waals surface area (Å²) in [7, 11) is 0. The van der Waals surface area contributed by atoms with Crippen molar-refractivity contribution in [3.05, 3.63) is 64.0 Å². The van der Waals surface area contributed by atoms with E-state index in [2.05, 4.69) is 15.1 Å². The summed E-state index contributed by atoms with van der Waals surface area (Å²) in [6.45, 7) is 2.56. The van der Waals surface area contributed by atoms with Crippen LogP contribution in [0.1, 0.15) is 22.8 Å². The first-order valence-electron chi connectivity index (χ1n) is 7.88. The molecular formula is C18H17N5O2S. The molecule has 0 aliphatic heterocycles. The number of nitrogens with two attached hydrogens (primary N) is 1. The highest BCUT2D eigenvalue weighted by molar-refractivity contribution is 7.07. The molecule has 0 fully saturated rings. The van der Waals surface area contributed by atoms with Crippen molar-refractivity contribution in [3.8, 4) is 17.0 Å². The summed E-state index contributed by atoms with van der Waals surface area (Å²) < 4.78 is 1.69. The maximum absolute atomic E-state index is 11.5. The maximum Gasteiger partial charge on any atom is 0.252 e. The van der Waals surface area contributed by atoms with E-state index in [-0.39, 0.29) is 11.3 Å². The Hall–Kier alpha value is -3.26. The number of hydrogen-bond donors (Lipinski definition) is 2. The Morgan fingerprint density at radius 1 is 1.42 bits per heavy atom. The van der Waals surface area contributed by atoms with Crippen molar-refractivity contribution in [1.29, 1.82) is 0 Å². The number of pyridine rings is 1. The Bertz CT molecular complexity index is 1020. The van der Waals surface area contributed by atoms with Crippen molar-refractivity contribution in [2.75, 3.05) is 6.54 Å². The maximum atomic E-state index is 11.5. The van der Waals surface area contributed by atoms with Crippen LogP contribution >= 0.6 is 11.3 Å². The molecule has 26 heavy (non-hydrogen) atoms. The predicted octanol–water partition coefficient (Wildman–Crippen LogP) is 2.22. The van der Waals surface area contributed by atoms with Gasteiger partial charge in [-0.1, -0.05) is 6.07 Å². The van der Waals surface area contributed by atoms with E-state index in [4.69, 9.17) is 5.73 Å².